The van der Waals surface area contributed by atoms with Gasteiger partial charge in [-0.05, 0) is 12.1 Å². The molecule has 0 heterocycles. The second kappa shape index (κ2) is 4.52. The minimum Gasteiger partial charge on any atom is -0.505 e. The Morgan fingerprint density at radius 3 is 2.33 bits per heavy atom. The number of benzene rings is 1. The number of phenolic OH excluding ortho intramolecular Hbond substituents is 1. The Labute approximate surface area is 84.6 Å². The fourth-order valence-electron chi connectivity index (χ4n) is 1.12. The van der Waals surface area contributed by atoms with E-state index in [0.717, 1.165) is 12.1 Å². The molecule has 0 radical (unpaired) electrons. The number of hydrogen-bond acceptors (Lipinski definition) is 4. The van der Waals surface area contributed by atoms with Crippen molar-refractivity contribution in [1.29, 1.82) is 0 Å². The van der Waals surface area contributed by atoms with Crippen LogP contribution in [0.4, 0.5) is 8.78 Å². The molecule has 1 rings (SSSR count). The van der Waals surface area contributed by atoms with Gasteiger partial charge in [0.25, 0.3) is 0 Å². The van der Waals surface area contributed by atoms with Crippen LogP contribution in [0.1, 0.15) is 11.7 Å². The molecular weight excluding hydrogens is 208 g/mol. The van der Waals surface area contributed by atoms with Gasteiger partial charge in [0.15, 0.2) is 11.6 Å². The molecular formula is C9H11F2NO3. The third-order valence-electron chi connectivity index (χ3n) is 2.02. The first kappa shape index (κ1) is 11.8. The molecule has 2 atom stereocenters. The maximum atomic E-state index is 13.2. The Morgan fingerprint density at radius 2 is 1.80 bits per heavy atom. The lowest BCUT2D eigenvalue weighted by Gasteiger charge is -2.17. The van der Waals surface area contributed by atoms with Crippen molar-refractivity contribution in [2.75, 3.05) is 6.54 Å². The molecule has 0 spiro atoms. The SMILES string of the molecule is NCC(O)C(O)c1ccc(O)c(F)c1F. The first-order valence-electron chi connectivity index (χ1n) is 4.22. The summed E-state index contributed by atoms with van der Waals surface area (Å²) in [7, 11) is 0. The van der Waals surface area contributed by atoms with E-state index >= 15 is 0 Å². The monoisotopic (exact) mass is 219 g/mol. The molecule has 0 bridgehead atoms. The molecule has 6 heteroatoms. The zero-order valence-corrected chi connectivity index (χ0v) is 7.69. The molecule has 0 amide bonds. The third kappa shape index (κ3) is 2.23. The van der Waals surface area contributed by atoms with Gasteiger partial charge in [-0.25, -0.2) is 4.39 Å². The lowest BCUT2D eigenvalue weighted by molar-refractivity contribution is 0.0217. The summed E-state index contributed by atoms with van der Waals surface area (Å²) in [6, 6.07) is 1.87. The topological polar surface area (TPSA) is 86.7 Å². The summed E-state index contributed by atoms with van der Waals surface area (Å²) >= 11 is 0. The van der Waals surface area contributed by atoms with E-state index in [1.807, 2.05) is 0 Å². The molecule has 1 aromatic carbocycles. The summed E-state index contributed by atoms with van der Waals surface area (Å²) in [6.07, 6.45) is -3.01. The van der Waals surface area contributed by atoms with Crippen molar-refractivity contribution in [3.05, 3.63) is 29.3 Å². The Kier molecular flexibility index (Phi) is 3.57. The molecule has 1 aromatic rings. The summed E-state index contributed by atoms with van der Waals surface area (Å²) in [6.45, 7) is -0.289. The highest BCUT2D eigenvalue weighted by atomic mass is 19.2. The number of phenols is 1. The van der Waals surface area contributed by atoms with E-state index in [-0.39, 0.29) is 6.54 Å². The molecule has 0 saturated heterocycles. The molecule has 15 heavy (non-hydrogen) atoms. The van der Waals surface area contributed by atoms with Crippen molar-refractivity contribution in [3.8, 4) is 5.75 Å². The fourth-order valence-corrected chi connectivity index (χ4v) is 1.12. The van der Waals surface area contributed by atoms with Gasteiger partial charge in [-0.2, -0.15) is 4.39 Å². The average molecular weight is 219 g/mol. The highest BCUT2D eigenvalue weighted by Crippen LogP contribution is 2.26. The van der Waals surface area contributed by atoms with Gasteiger partial charge < -0.3 is 21.1 Å². The second-order valence-electron chi connectivity index (χ2n) is 3.05. The van der Waals surface area contributed by atoms with Crippen LogP contribution in [0.25, 0.3) is 0 Å². The van der Waals surface area contributed by atoms with E-state index in [9.17, 15) is 13.9 Å². The average Bonchev–Trinajstić information content (AvgIpc) is 2.24. The molecule has 0 aromatic heterocycles. The van der Waals surface area contributed by atoms with E-state index < -0.39 is 35.2 Å². The predicted octanol–water partition coefficient (Wildman–Crippen LogP) is 0.0234. The van der Waals surface area contributed by atoms with Crippen LogP contribution in [0.2, 0.25) is 0 Å². The number of aliphatic hydroxyl groups is 2. The summed E-state index contributed by atoms with van der Waals surface area (Å²) in [5, 5.41) is 27.3. The van der Waals surface area contributed by atoms with Crippen molar-refractivity contribution in [2.24, 2.45) is 5.73 Å². The quantitative estimate of drug-likeness (QED) is 0.577. The fraction of sp³-hybridized carbons (Fsp3) is 0.333. The third-order valence-corrected chi connectivity index (χ3v) is 2.02. The van der Waals surface area contributed by atoms with Crippen LogP contribution in [-0.2, 0) is 0 Å². The summed E-state index contributed by atoms with van der Waals surface area (Å²) in [5.74, 6) is -3.71. The van der Waals surface area contributed by atoms with Crippen molar-refractivity contribution >= 4 is 0 Å². The van der Waals surface area contributed by atoms with Gasteiger partial charge in [-0.3, -0.25) is 0 Å². The van der Waals surface area contributed by atoms with Crippen molar-refractivity contribution in [1.82, 2.24) is 0 Å². The zero-order chi connectivity index (χ0) is 11.6. The Bertz CT molecular complexity index is 359. The summed E-state index contributed by atoms with van der Waals surface area (Å²) in [5.41, 5.74) is 4.61. The molecule has 0 aliphatic heterocycles. The number of nitrogens with two attached hydrogens (primary N) is 1. The van der Waals surface area contributed by atoms with Crippen LogP contribution >= 0.6 is 0 Å². The van der Waals surface area contributed by atoms with E-state index in [1.165, 1.54) is 0 Å². The van der Waals surface area contributed by atoms with E-state index in [2.05, 4.69) is 0 Å². The minimum atomic E-state index is -1.62. The Hall–Kier alpha value is -1.24. The van der Waals surface area contributed by atoms with Gasteiger partial charge >= 0.3 is 0 Å². The lowest BCUT2D eigenvalue weighted by atomic mass is 10.0. The molecule has 0 aliphatic rings. The van der Waals surface area contributed by atoms with Crippen molar-refractivity contribution in [2.45, 2.75) is 12.2 Å². The van der Waals surface area contributed by atoms with Gasteiger partial charge in [0.05, 0.1) is 6.10 Å². The van der Waals surface area contributed by atoms with E-state index in [4.69, 9.17) is 15.9 Å². The molecule has 0 aliphatic carbocycles. The Morgan fingerprint density at radius 1 is 1.20 bits per heavy atom. The minimum absolute atomic E-state index is 0.289. The van der Waals surface area contributed by atoms with Gasteiger partial charge in [0.2, 0.25) is 5.82 Å². The van der Waals surface area contributed by atoms with Crippen LogP contribution in [0, 0.1) is 11.6 Å². The van der Waals surface area contributed by atoms with E-state index in [0.29, 0.717) is 0 Å². The molecule has 4 nitrogen and oxygen atoms in total. The normalized spacial score (nSPS) is 15.0. The molecule has 2 unspecified atom stereocenters. The van der Waals surface area contributed by atoms with Crippen LogP contribution < -0.4 is 5.73 Å². The Balaban J connectivity index is 3.10. The largest absolute Gasteiger partial charge is 0.505 e. The standard InChI is InChI=1S/C9H11F2NO3/c10-7-4(9(15)6(14)3-12)1-2-5(13)8(7)11/h1-2,6,9,13-15H,3,12H2. The summed E-state index contributed by atoms with van der Waals surface area (Å²) in [4.78, 5) is 0. The summed E-state index contributed by atoms with van der Waals surface area (Å²) < 4.78 is 26.0. The maximum absolute atomic E-state index is 13.2. The lowest BCUT2D eigenvalue weighted by Crippen LogP contribution is -2.27. The van der Waals surface area contributed by atoms with Gasteiger partial charge in [0, 0.05) is 12.1 Å². The molecule has 0 fully saturated rings. The molecule has 84 valence electrons. The maximum Gasteiger partial charge on any atom is 0.200 e. The number of aromatic hydroxyl groups is 1. The second-order valence-corrected chi connectivity index (χ2v) is 3.05. The highest BCUT2D eigenvalue weighted by Gasteiger charge is 2.23. The first-order chi connectivity index (χ1) is 6.99. The number of halogens is 2. The van der Waals surface area contributed by atoms with Gasteiger partial charge in [-0.15, -0.1) is 0 Å². The smallest absolute Gasteiger partial charge is 0.200 e. The molecule has 0 saturated carbocycles. The highest BCUT2D eigenvalue weighted by molar-refractivity contribution is 5.31. The first-order valence-corrected chi connectivity index (χ1v) is 4.22. The molecule has 5 N–H and O–H groups in total. The van der Waals surface area contributed by atoms with Crippen LogP contribution in [0.5, 0.6) is 5.75 Å². The number of aliphatic hydroxyl groups excluding tert-OH is 2. The van der Waals surface area contributed by atoms with Crippen LogP contribution in [0.3, 0.4) is 0 Å². The van der Waals surface area contributed by atoms with Gasteiger partial charge in [0.1, 0.15) is 6.10 Å². The van der Waals surface area contributed by atoms with Gasteiger partial charge in [-0.1, -0.05) is 0 Å². The predicted molar refractivity (Wildman–Crippen MR) is 48.0 cm³/mol. The van der Waals surface area contributed by atoms with Crippen LogP contribution in [0.15, 0.2) is 12.1 Å². The number of hydrogen-bond donors (Lipinski definition) is 4. The van der Waals surface area contributed by atoms with E-state index in [1.54, 1.807) is 0 Å². The number of rotatable bonds is 3. The van der Waals surface area contributed by atoms with Crippen molar-refractivity contribution in [3.63, 3.8) is 0 Å². The zero-order valence-electron chi connectivity index (χ0n) is 7.69. The van der Waals surface area contributed by atoms with Crippen LogP contribution in [-0.4, -0.2) is 28.0 Å². The van der Waals surface area contributed by atoms with Crippen molar-refractivity contribution < 1.29 is 24.1 Å².